The van der Waals surface area contributed by atoms with Gasteiger partial charge in [0.15, 0.2) is 0 Å². The average Bonchev–Trinajstić information content (AvgIpc) is 2.45. The van der Waals surface area contributed by atoms with Gasteiger partial charge in [0.2, 0.25) is 0 Å². The van der Waals surface area contributed by atoms with Crippen LogP contribution in [0.4, 0.5) is 0 Å². The molecule has 0 aromatic carbocycles. The van der Waals surface area contributed by atoms with Crippen LogP contribution in [0.15, 0.2) is 0 Å². The summed E-state index contributed by atoms with van der Waals surface area (Å²) in [6.07, 6.45) is 3.52. The number of hydrogen-bond acceptors (Lipinski definition) is 1. The zero-order valence-corrected chi connectivity index (χ0v) is 5.06. The van der Waals surface area contributed by atoms with Crippen LogP contribution in [0.3, 0.4) is 0 Å². The molecule has 1 saturated carbocycles. The van der Waals surface area contributed by atoms with Gasteiger partial charge in [0.05, 0.1) is 0 Å². The molecule has 1 aliphatic carbocycles. The van der Waals surface area contributed by atoms with Crippen molar-refractivity contribution in [2.45, 2.75) is 19.3 Å². The van der Waals surface area contributed by atoms with Gasteiger partial charge in [-0.25, -0.2) is 0 Å². The molecule has 0 aromatic heterocycles. The van der Waals surface area contributed by atoms with E-state index in [4.69, 9.17) is 13.2 Å². The van der Waals surface area contributed by atoms with Crippen molar-refractivity contribution < 1.29 is 0 Å². The minimum atomic E-state index is 0.711. The third-order valence-corrected chi connectivity index (χ3v) is 1.53. The molecule has 0 heterocycles. The molecule has 2 heteroatoms. The number of rotatable bonds is 3. The van der Waals surface area contributed by atoms with Crippen molar-refractivity contribution in [1.82, 2.24) is 0 Å². The van der Waals surface area contributed by atoms with Crippen molar-refractivity contribution in [2.24, 2.45) is 11.7 Å². The number of hydrogen-bond donors (Lipinski definition) is 1. The predicted octanol–water partition coefficient (Wildman–Crippen LogP) is 0.0861. The van der Waals surface area contributed by atoms with Crippen molar-refractivity contribution in [3.8, 4) is 0 Å². The van der Waals surface area contributed by atoms with Gasteiger partial charge in [-0.3, -0.25) is 0 Å². The van der Waals surface area contributed by atoms with Crippen molar-refractivity contribution in [3.05, 3.63) is 0 Å². The molecular formula is C6H11BN. The Kier molecular flexibility index (Phi) is 1.84. The molecule has 0 amide bonds. The van der Waals surface area contributed by atoms with Crippen molar-refractivity contribution in [1.29, 1.82) is 0 Å². The van der Waals surface area contributed by atoms with Gasteiger partial charge in [0.25, 0.3) is 0 Å². The van der Waals surface area contributed by atoms with Crippen LogP contribution >= 0.6 is 0 Å². The van der Waals surface area contributed by atoms with E-state index in [0.29, 0.717) is 6.54 Å². The van der Waals surface area contributed by atoms with Gasteiger partial charge in [0, 0.05) is 0 Å². The maximum absolute atomic E-state index is 5.63. The van der Waals surface area contributed by atoms with Gasteiger partial charge in [-0.1, -0.05) is 0 Å². The average molecular weight is 108 g/mol. The Morgan fingerprint density at radius 2 is 2.25 bits per heavy atom. The summed E-state index contributed by atoms with van der Waals surface area (Å²) in [4.78, 5) is 0. The van der Waals surface area contributed by atoms with Gasteiger partial charge in [-0.15, -0.1) is 0 Å². The summed E-state index contributed by atoms with van der Waals surface area (Å²) in [5.41, 5.74) is 6.41. The Balaban J connectivity index is 2.13. The van der Waals surface area contributed by atoms with Gasteiger partial charge in [0.1, 0.15) is 0 Å². The summed E-state index contributed by atoms with van der Waals surface area (Å²) in [6.45, 7) is 0.711. The monoisotopic (exact) mass is 108 g/mol. The van der Waals surface area contributed by atoms with E-state index in [1.165, 1.54) is 12.8 Å². The first-order chi connectivity index (χ1) is 3.84. The summed E-state index contributed by atoms with van der Waals surface area (Å²) in [5, 5.41) is 0. The second-order valence-corrected chi connectivity index (χ2v) is 2.39. The van der Waals surface area contributed by atoms with Gasteiger partial charge < -0.3 is 0 Å². The molecule has 1 radical (unpaired) electrons. The Morgan fingerprint density at radius 3 is 2.62 bits per heavy atom. The molecule has 0 aromatic rings. The van der Waals surface area contributed by atoms with Crippen LogP contribution in [-0.2, 0) is 0 Å². The van der Waals surface area contributed by atoms with Crippen molar-refractivity contribution in [3.63, 3.8) is 0 Å². The van der Waals surface area contributed by atoms with Crippen LogP contribution in [0.5, 0.6) is 0 Å². The van der Waals surface area contributed by atoms with Crippen LogP contribution in [0.25, 0.3) is 0 Å². The van der Waals surface area contributed by atoms with E-state index in [-0.39, 0.29) is 0 Å². The fourth-order valence-electron chi connectivity index (χ4n) is 0.825. The molecule has 0 unspecified atom stereocenters. The molecule has 43 valence electrons. The Morgan fingerprint density at radius 1 is 1.62 bits per heavy atom. The molecule has 1 aliphatic rings. The Bertz CT molecular complexity index is 96.7. The van der Waals surface area contributed by atoms with Crippen LogP contribution < -0.4 is 5.73 Å². The minimum absolute atomic E-state index is 0.711. The van der Waals surface area contributed by atoms with E-state index in [2.05, 4.69) is 0 Å². The molecule has 0 spiro atoms. The molecule has 1 nitrogen and oxygen atoms in total. The Labute approximate surface area is 51.3 Å². The fourth-order valence-corrected chi connectivity index (χ4v) is 0.825. The summed E-state index contributed by atoms with van der Waals surface area (Å²) >= 11 is 0. The zero-order valence-electron chi connectivity index (χ0n) is 5.06. The molecule has 0 saturated heterocycles. The van der Waals surface area contributed by atoms with Gasteiger partial charge >= 0.3 is 50.4 Å². The quantitative estimate of drug-likeness (QED) is 0.509. The van der Waals surface area contributed by atoms with Crippen LogP contribution in [0.2, 0.25) is 0 Å². The van der Waals surface area contributed by atoms with E-state index in [9.17, 15) is 0 Å². The third-order valence-electron chi connectivity index (χ3n) is 1.53. The molecular weight excluding hydrogens is 96.9 g/mol. The van der Waals surface area contributed by atoms with Gasteiger partial charge in [-0.2, -0.15) is 0 Å². The van der Waals surface area contributed by atoms with Gasteiger partial charge in [-0.05, 0) is 0 Å². The second-order valence-electron chi connectivity index (χ2n) is 2.39. The van der Waals surface area contributed by atoms with E-state index >= 15 is 0 Å². The summed E-state index contributed by atoms with van der Waals surface area (Å²) in [5.74, 6) is 0.735. The fraction of sp³-hybridized carbons (Fsp3) is 0.833. The van der Waals surface area contributed by atoms with Crippen LogP contribution in [0.1, 0.15) is 19.3 Å². The van der Waals surface area contributed by atoms with Crippen LogP contribution in [0, 0.1) is 5.92 Å². The number of nitrogens with two attached hydrogens (primary N) is 1. The first-order valence-electron chi connectivity index (χ1n) is 3.16. The van der Waals surface area contributed by atoms with E-state index in [0.717, 1.165) is 17.8 Å². The molecule has 0 aliphatic heterocycles. The standard InChI is InChI=1S/C6H11BN/c7-6(3-4-8)5-1-2-5/h5H,1-4,8H2. The molecule has 0 bridgehead atoms. The zero-order chi connectivity index (χ0) is 5.98. The first kappa shape index (κ1) is 6.02. The molecule has 0 atom stereocenters. The summed E-state index contributed by atoms with van der Waals surface area (Å²) in [6, 6.07) is 0. The maximum atomic E-state index is 5.63. The van der Waals surface area contributed by atoms with E-state index in [1.807, 2.05) is 0 Å². The van der Waals surface area contributed by atoms with E-state index < -0.39 is 0 Å². The van der Waals surface area contributed by atoms with Crippen LogP contribution in [-0.4, -0.2) is 19.5 Å². The summed E-state index contributed by atoms with van der Waals surface area (Å²) < 4.78 is 0. The third kappa shape index (κ3) is 1.44. The molecule has 2 N–H and O–H groups in total. The second kappa shape index (κ2) is 2.45. The predicted molar refractivity (Wildman–Crippen MR) is 37.2 cm³/mol. The molecule has 8 heavy (non-hydrogen) atoms. The first-order valence-corrected chi connectivity index (χ1v) is 3.16. The van der Waals surface area contributed by atoms with Crippen molar-refractivity contribution >= 4 is 13.0 Å². The molecule has 1 rings (SSSR count). The molecule has 1 fully saturated rings. The summed E-state index contributed by atoms with van der Waals surface area (Å²) in [7, 11) is 5.63. The topological polar surface area (TPSA) is 26.0 Å². The SMILES string of the molecule is [B]=C(CCN)C1CC1. The van der Waals surface area contributed by atoms with Crippen molar-refractivity contribution in [2.75, 3.05) is 6.54 Å². The Hall–Kier alpha value is -0.105. The normalized spacial score (nSPS) is 18.5. The van der Waals surface area contributed by atoms with E-state index in [1.54, 1.807) is 0 Å².